The molecule has 7 heteroatoms. The summed E-state index contributed by atoms with van der Waals surface area (Å²) in [5.74, 6) is 0. The zero-order valence-corrected chi connectivity index (χ0v) is 65.1. The highest BCUT2D eigenvalue weighted by atomic mass is 31.2. The molecule has 0 aliphatic rings. The third kappa shape index (κ3) is 11.8. The minimum Gasteiger partial charge on any atom is -0.309 e. The molecule has 552 valence electrons. The van der Waals surface area contributed by atoms with E-state index in [9.17, 15) is 4.57 Å². The molecule has 0 N–H and O–H groups in total. The lowest BCUT2D eigenvalue weighted by atomic mass is 9.94. The van der Waals surface area contributed by atoms with E-state index in [1.165, 1.54) is 119 Å². The molecule has 0 saturated carbocycles. The Bertz CT molecular complexity index is 7940. The predicted molar refractivity (Wildman–Crippen MR) is 500 cm³/mol. The Morgan fingerprint density at radius 3 is 0.864 bits per heavy atom. The van der Waals surface area contributed by atoms with Gasteiger partial charge in [0.05, 0.1) is 55.7 Å². The number of para-hydroxylation sites is 7. The van der Waals surface area contributed by atoms with Crippen molar-refractivity contribution < 1.29 is 4.57 Å². The average Bonchev–Trinajstić information content (AvgIpc) is 1.64. The maximum absolute atomic E-state index is 14.7. The Hall–Kier alpha value is -15.2. The highest BCUT2D eigenvalue weighted by molar-refractivity contribution is 7.85. The molecule has 19 aromatic carbocycles. The highest BCUT2D eigenvalue weighted by Crippen LogP contribution is 2.46. The first-order valence-corrected chi connectivity index (χ1v) is 41.9. The molecule has 0 amide bonds. The van der Waals surface area contributed by atoms with Crippen LogP contribution in [0.5, 0.6) is 0 Å². The van der Waals surface area contributed by atoms with Crippen molar-refractivity contribution in [2.24, 2.45) is 0 Å². The molecule has 0 aliphatic heterocycles. The quantitative estimate of drug-likeness (QED) is 0.107. The Labute approximate surface area is 681 Å². The molecule has 118 heavy (non-hydrogen) atoms. The lowest BCUT2D eigenvalue weighted by molar-refractivity contribution is 0.592. The second-order valence-electron chi connectivity index (χ2n) is 30.3. The summed E-state index contributed by atoms with van der Waals surface area (Å²) in [4.78, 5) is 15.5. The van der Waals surface area contributed by atoms with Gasteiger partial charge in [-0.3, -0.25) is 0 Å². The van der Waals surface area contributed by atoms with E-state index in [1.807, 2.05) is 72.8 Å². The monoisotopic (exact) mass is 1520 g/mol. The summed E-state index contributed by atoms with van der Waals surface area (Å²) in [6, 6.07) is 153. The molecule has 0 aliphatic carbocycles. The average molecular weight is 1520 g/mol. The van der Waals surface area contributed by atoms with Gasteiger partial charge in [0, 0.05) is 114 Å². The molecule has 5 aromatic heterocycles. The maximum atomic E-state index is 14.7. The second kappa shape index (κ2) is 29.0. The zero-order chi connectivity index (χ0) is 78.2. The van der Waals surface area contributed by atoms with Crippen molar-refractivity contribution in [1.82, 2.24) is 24.1 Å². The molecule has 0 atom stereocenters. The number of hydrogen-bond donors (Lipinski definition) is 0. The summed E-state index contributed by atoms with van der Waals surface area (Å²) in [6.07, 6.45) is 0. The van der Waals surface area contributed by atoms with Crippen LogP contribution in [-0.2, 0) is 4.57 Å². The fourth-order valence-corrected chi connectivity index (χ4v) is 20.8. The van der Waals surface area contributed by atoms with Gasteiger partial charge in [0.2, 0.25) is 0 Å². The molecule has 24 rings (SSSR count). The van der Waals surface area contributed by atoms with Gasteiger partial charge in [0.1, 0.15) is 0 Å². The highest BCUT2D eigenvalue weighted by Gasteiger charge is 2.30. The van der Waals surface area contributed by atoms with Gasteiger partial charge in [0.15, 0.2) is 7.14 Å². The number of pyridine rings is 3. The van der Waals surface area contributed by atoms with Gasteiger partial charge in [-0.25, -0.2) is 15.0 Å². The second-order valence-corrected chi connectivity index (χ2v) is 33.1. The van der Waals surface area contributed by atoms with Crippen LogP contribution in [-0.4, -0.2) is 24.1 Å². The van der Waals surface area contributed by atoms with Crippen LogP contribution in [0.15, 0.2) is 437 Å². The summed E-state index contributed by atoms with van der Waals surface area (Å²) >= 11 is 0. The normalized spacial score (nSPS) is 11.8. The molecular weight excluding hydrogens is 1450 g/mol. The first-order valence-electron chi connectivity index (χ1n) is 40.1. The van der Waals surface area contributed by atoms with Crippen molar-refractivity contribution in [3.63, 3.8) is 0 Å². The predicted octanol–water partition coefficient (Wildman–Crippen LogP) is 28.1. The van der Waals surface area contributed by atoms with Crippen molar-refractivity contribution in [1.29, 1.82) is 0 Å². The molecule has 24 aromatic rings. The molecule has 5 heterocycles. The van der Waals surface area contributed by atoms with Crippen LogP contribution < -0.4 is 15.9 Å². The Morgan fingerprint density at radius 2 is 0.475 bits per heavy atom. The molecule has 0 fully saturated rings. The lowest BCUT2D eigenvalue weighted by Crippen LogP contribution is -2.24. The molecule has 0 radical (unpaired) electrons. The topological polar surface area (TPSA) is 65.6 Å². The van der Waals surface area contributed by atoms with Crippen LogP contribution in [0.1, 0.15) is 0 Å². The van der Waals surface area contributed by atoms with Crippen molar-refractivity contribution in [3.8, 4) is 56.3 Å². The van der Waals surface area contributed by atoms with E-state index in [0.717, 1.165) is 94.1 Å². The first kappa shape index (κ1) is 69.5. The SMILES string of the molecule is O=P(c1ccccc1)(c1ccccc1)c1ccc(-c2ccc(-c3nc4ccccc4c4c3ccc3ccccc34)cc2)cc1.c1cc(-c2nc3ccccc3c3c2ccc2ccccc23)cc(-n2c3ccccc3c3ccccc32)c1.c1ccc2c(c1)ccc1c(-c3ccc(-n4c5ccccc5c5ccccc54)cc3)nc3ccccc3c12. The minimum absolute atomic E-state index is 0.828. The van der Waals surface area contributed by atoms with E-state index in [0.29, 0.717) is 0 Å². The van der Waals surface area contributed by atoms with E-state index < -0.39 is 7.14 Å². The molecular formula is C111H72N5OP. The van der Waals surface area contributed by atoms with Gasteiger partial charge in [-0.15, -0.1) is 0 Å². The zero-order valence-electron chi connectivity index (χ0n) is 64.2. The molecule has 0 bridgehead atoms. The Kier molecular flexibility index (Phi) is 17.1. The minimum atomic E-state index is -3.01. The summed E-state index contributed by atoms with van der Waals surface area (Å²) in [5, 5.41) is 25.9. The van der Waals surface area contributed by atoms with Crippen LogP contribution in [0, 0.1) is 0 Å². The molecule has 0 saturated heterocycles. The standard InChI is InChI=1S/C41H28NOP.2C35H22N2/c43-44(33-12-3-1-4-13-33,34-14-5-2-6-15-34)35-26-23-30(24-27-35)29-19-21-32(22-20-29)41-38-28-25-31-11-7-8-16-36(31)40(38)37-17-9-10-18-39(37)42-41;1-2-13-26-23(10-1)20-21-30-34(26)29-16-3-6-17-31(29)36-35(30)24-11-9-12-25(22-24)37-32-18-7-4-14-27(32)28-15-5-8-19-33(28)37;1-2-10-26-23(9-1)19-22-30-34(26)29-13-3-6-14-31(29)36-35(30)24-17-20-25(21-18-24)37-32-15-7-4-11-27(32)28-12-5-8-16-33(28)37/h1-28H;2*1-22H. The largest absolute Gasteiger partial charge is 0.309 e. The van der Waals surface area contributed by atoms with Gasteiger partial charge in [-0.1, -0.05) is 370 Å². The Morgan fingerprint density at radius 1 is 0.186 bits per heavy atom. The van der Waals surface area contributed by atoms with Crippen molar-refractivity contribution in [2.45, 2.75) is 0 Å². The number of hydrogen-bond acceptors (Lipinski definition) is 4. The number of rotatable bonds is 9. The van der Waals surface area contributed by atoms with Crippen LogP contribution in [0.3, 0.4) is 0 Å². The molecule has 0 spiro atoms. The van der Waals surface area contributed by atoms with Crippen molar-refractivity contribution >= 4 is 164 Å². The lowest BCUT2D eigenvalue weighted by Gasteiger charge is -2.20. The number of nitrogens with zero attached hydrogens (tertiary/aromatic N) is 5. The van der Waals surface area contributed by atoms with E-state index in [1.54, 1.807) is 0 Å². The fourth-order valence-electron chi connectivity index (χ4n) is 18.2. The van der Waals surface area contributed by atoms with E-state index in [4.69, 9.17) is 15.0 Å². The van der Waals surface area contributed by atoms with Gasteiger partial charge in [-0.05, 0) is 110 Å². The van der Waals surface area contributed by atoms with Crippen LogP contribution >= 0.6 is 7.14 Å². The maximum Gasteiger partial charge on any atom is 0.171 e. The van der Waals surface area contributed by atoms with E-state index >= 15 is 0 Å². The third-order valence-electron chi connectivity index (χ3n) is 23.7. The summed E-state index contributed by atoms with van der Waals surface area (Å²) in [7, 11) is -3.01. The number of aromatic nitrogens is 5. The van der Waals surface area contributed by atoms with Crippen LogP contribution in [0.4, 0.5) is 0 Å². The third-order valence-corrected chi connectivity index (χ3v) is 26.7. The fraction of sp³-hybridized carbons (Fsp3) is 0. The first-order chi connectivity index (χ1) is 58.4. The summed E-state index contributed by atoms with van der Waals surface area (Å²) in [5.41, 5.74) is 18.7. The molecule has 6 nitrogen and oxygen atoms in total. The number of fused-ring (bicyclic) bond motifs is 21. The van der Waals surface area contributed by atoms with Gasteiger partial charge in [-0.2, -0.15) is 0 Å². The summed E-state index contributed by atoms with van der Waals surface area (Å²) in [6.45, 7) is 0. The summed E-state index contributed by atoms with van der Waals surface area (Å²) < 4.78 is 19.5. The van der Waals surface area contributed by atoms with Gasteiger partial charge in [0.25, 0.3) is 0 Å². The van der Waals surface area contributed by atoms with Crippen molar-refractivity contribution in [2.75, 3.05) is 0 Å². The Balaban J connectivity index is 0.000000107. The van der Waals surface area contributed by atoms with E-state index in [-0.39, 0.29) is 0 Å². The van der Waals surface area contributed by atoms with Crippen LogP contribution in [0.25, 0.3) is 197 Å². The smallest absolute Gasteiger partial charge is 0.171 e. The van der Waals surface area contributed by atoms with Gasteiger partial charge >= 0.3 is 0 Å². The van der Waals surface area contributed by atoms with Crippen molar-refractivity contribution in [3.05, 3.63) is 437 Å². The number of benzene rings is 19. The van der Waals surface area contributed by atoms with Crippen LogP contribution in [0.2, 0.25) is 0 Å². The molecule has 0 unspecified atom stereocenters. The van der Waals surface area contributed by atoms with Gasteiger partial charge < -0.3 is 13.7 Å². The van der Waals surface area contributed by atoms with E-state index in [2.05, 4.69) is 373 Å².